The molecule has 0 saturated carbocycles. The zero-order chi connectivity index (χ0) is 19.3. The average molecular weight is 377 g/mol. The molecule has 2 rings (SSSR count). The van der Waals surface area contributed by atoms with Gasteiger partial charge in [-0.1, -0.05) is 18.2 Å². The van der Waals surface area contributed by atoms with Gasteiger partial charge in [0.25, 0.3) is 15.9 Å². The Kier molecular flexibility index (Phi) is 5.96. The summed E-state index contributed by atoms with van der Waals surface area (Å²) >= 11 is 0. The van der Waals surface area contributed by atoms with Gasteiger partial charge < -0.3 is 10.1 Å². The molecule has 0 saturated heterocycles. The first kappa shape index (κ1) is 19.4. The molecule has 0 aliphatic rings. The van der Waals surface area contributed by atoms with Crippen LogP contribution in [0.3, 0.4) is 0 Å². The lowest BCUT2D eigenvalue weighted by molar-refractivity contribution is -0.114. The van der Waals surface area contributed by atoms with E-state index in [2.05, 4.69) is 10.7 Å². The summed E-state index contributed by atoms with van der Waals surface area (Å²) in [7, 11) is -2.65. The molecular weight excluding hydrogens is 358 g/mol. The van der Waals surface area contributed by atoms with Gasteiger partial charge in [-0.2, -0.15) is 0 Å². The molecule has 0 heterocycles. The first-order valence-electron chi connectivity index (χ1n) is 7.58. The highest BCUT2D eigenvalue weighted by atomic mass is 32.2. The van der Waals surface area contributed by atoms with Crippen LogP contribution < -0.4 is 20.3 Å². The number of hydrogen-bond donors (Lipinski definition) is 3. The molecule has 0 radical (unpaired) electrons. The first-order valence-corrected chi connectivity index (χ1v) is 9.06. The summed E-state index contributed by atoms with van der Waals surface area (Å²) in [6, 6.07) is 10.7. The van der Waals surface area contributed by atoms with Crippen LogP contribution in [0.25, 0.3) is 0 Å². The van der Waals surface area contributed by atoms with E-state index in [0.29, 0.717) is 16.9 Å². The molecular formula is C17H19N3O5S. The van der Waals surface area contributed by atoms with Crippen LogP contribution in [0.1, 0.15) is 22.8 Å². The number of benzene rings is 2. The number of ether oxygens (including phenoxy) is 1. The van der Waals surface area contributed by atoms with Crippen LogP contribution in [-0.2, 0) is 14.8 Å². The second-order valence-electron chi connectivity index (χ2n) is 5.42. The number of aryl methyl sites for hydroxylation is 1. The number of carbonyl (C=O) groups is 2. The van der Waals surface area contributed by atoms with Crippen molar-refractivity contribution in [3.8, 4) is 5.75 Å². The second kappa shape index (κ2) is 7.98. The summed E-state index contributed by atoms with van der Waals surface area (Å²) in [5, 5.41) is 2.49. The van der Waals surface area contributed by atoms with Gasteiger partial charge in [-0.05, 0) is 36.8 Å². The Morgan fingerprint density at radius 3 is 2.38 bits per heavy atom. The normalized spacial score (nSPS) is 10.9. The van der Waals surface area contributed by atoms with Crippen LogP contribution in [0.5, 0.6) is 5.75 Å². The molecule has 0 aliphatic carbocycles. The molecule has 0 aromatic heterocycles. The maximum atomic E-state index is 12.4. The quantitative estimate of drug-likeness (QED) is 0.662. The van der Waals surface area contributed by atoms with Gasteiger partial charge in [0.2, 0.25) is 5.91 Å². The molecule has 0 unspecified atom stereocenters. The van der Waals surface area contributed by atoms with Crippen molar-refractivity contribution in [1.29, 1.82) is 0 Å². The number of carbonyl (C=O) groups excluding carboxylic acids is 2. The number of hydrazine groups is 1. The van der Waals surface area contributed by atoms with Crippen molar-refractivity contribution in [2.75, 3.05) is 12.4 Å². The molecule has 2 aromatic carbocycles. The fourth-order valence-corrected chi connectivity index (χ4v) is 3.07. The summed E-state index contributed by atoms with van der Waals surface area (Å²) in [4.78, 5) is 25.3. The van der Waals surface area contributed by atoms with Gasteiger partial charge in [0, 0.05) is 12.5 Å². The third kappa shape index (κ3) is 4.58. The molecule has 0 atom stereocenters. The average Bonchev–Trinajstić information content (AvgIpc) is 2.59. The zero-order valence-electron chi connectivity index (χ0n) is 14.5. The Hall–Kier alpha value is -2.91. The van der Waals surface area contributed by atoms with Gasteiger partial charge in [0.05, 0.1) is 17.7 Å². The fourth-order valence-electron chi connectivity index (χ4n) is 2.21. The van der Waals surface area contributed by atoms with Crippen molar-refractivity contribution in [3.63, 3.8) is 0 Å². The molecule has 0 aliphatic heterocycles. The van der Waals surface area contributed by atoms with Crippen LogP contribution in [-0.4, -0.2) is 27.3 Å². The number of nitrogens with one attached hydrogen (secondary N) is 3. The molecule has 8 nitrogen and oxygen atoms in total. The van der Waals surface area contributed by atoms with E-state index in [1.54, 1.807) is 31.2 Å². The van der Waals surface area contributed by atoms with E-state index in [1.165, 1.54) is 32.2 Å². The van der Waals surface area contributed by atoms with Crippen molar-refractivity contribution in [3.05, 3.63) is 53.6 Å². The first-order chi connectivity index (χ1) is 12.2. The standard InChI is InChI=1S/C17H19N3O5S/c1-11-6-4-5-7-14(11)17(22)19-20-26(23,24)13-8-9-16(25-3)15(10-13)18-12(2)21/h4-10,20H,1-3H3,(H,18,21)(H,19,22). The predicted octanol–water partition coefficient (Wildman–Crippen LogP) is 1.59. The number of amides is 2. The Bertz CT molecular complexity index is 941. The molecule has 0 bridgehead atoms. The molecule has 26 heavy (non-hydrogen) atoms. The van der Waals surface area contributed by atoms with E-state index in [4.69, 9.17) is 4.74 Å². The minimum atomic E-state index is -4.05. The fraction of sp³-hybridized carbons (Fsp3) is 0.176. The number of rotatable bonds is 6. The van der Waals surface area contributed by atoms with Gasteiger partial charge in [-0.25, -0.2) is 8.42 Å². The van der Waals surface area contributed by atoms with Crippen molar-refractivity contribution < 1.29 is 22.7 Å². The van der Waals surface area contributed by atoms with E-state index in [1.807, 2.05) is 4.83 Å². The molecule has 2 amide bonds. The smallest absolute Gasteiger partial charge is 0.266 e. The molecule has 138 valence electrons. The van der Waals surface area contributed by atoms with Gasteiger partial charge in [-0.15, -0.1) is 4.83 Å². The lowest BCUT2D eigenvalue weighted by atomic mass is 10.1. The summed E-state index contributed by atoms with van der Waals surface area (Å²) in [5.74, 6) is -0.649. The van der Waals surface area contributed by atoms with Crippen molar-refractivity contribution in [2.45, 2.75) is 18.7 Å². The summed E-state index contributed by atoms with van der Waals surface area (Å²) in [6.45, 7) is 3.04. The summed E-state index contributed by atoms with van der Waals surface area (Å²) < 4.78 is 29.9. The largest absolute Gasteiger partial charge is 0.495 e. The highest BCUT2D eigenvalue weighted by molar-refractivity contribution is 7.89. The van der Waals surface area contributed by atoms with E-state index in [9.17, 15) is 18.0 Å². The molecule has 3 N–H and O–H groups in total. The number of methoxy groups -OCH3 is 1. The van der Waals surface area contributed by atoms with Gasteiger partial charge in [-0.3, -0.25) is 15.0 Å². The van der Waals surface area contributed by atoms with E-state index >= 15 is 0 Å². The molecule has 2 aromatic rings. The highest BCUT2D eigenvalue weighted by Gasteiger charge is 2.19. The van der Waals surface area contributed by atoms with Crippen LogP contribution >= 0.6 is 0 Å². The maximum absolute atomic E-state index is 12.4. The highest BCUT2D eigenvalue weighted by Crippen LogP contribution is 2.27. The van der Waals surface area contributed by atoms with Crippen molar-refractivity contribution in [2.24, 2.45) is 0 Å². The van der Waals surface area contributed by atoms with Crippen LogP contribution in [0.4, 0.5) is 5.69 Å². The zero-order valence-corrected chi connectivity index (χ0v) is 15.3. The number of anilines is 1. The summed E-state index contributed by atoms with van der Waals surface area (Å²) in [6.07, 6.45) is 0. The van der Waals surface area contributed by atoms with E-state index < -0.39 is 15.9 Å². The van der Waals surface area contributed by atoms with Crippen LogP contribution in [0.2, 0.25) is 0 Å². The van der Waals surface area contributed by atoms with E-state index in [0.717, 1.165) is 0 Å². The van der Waals surface area contributed by atoms with Crippen molar-refractivity contribution >= 4 is 27.5 Å². The molecule has 0 spiro atoms. The van der Waals surface area contributed by atoms with Gasteiger partial charge in [0.1, 0.15) is 5.75 Å². The minimum absolute atomic E-state index is 0.146. The summed E-state index contributed by atoms with van der Waals surface area (Å²) in [5.41, 5.74) is 3.43. The van der Waals surface area contributed by atoms with Crippen molar-refractivity contribution in [1.82, 2.24) is 10.3 Å². The van der Waals surface area contributed by atoms with Gasteiger partial charge >= 0.3 is 0 Å². The minimum Gasteiger partial charge on any atom is -0.495 e. The second-order valence-corrected chi connectivity index (χ2v) is 7.10. The Morgan fingerprint density at radius 1 is 1.08 bits per heavy atom. The SMILES string of the molecule is COc1ccc(S(=O)(=O)NNC(=O)c2ccccc2C)cc1NC(C)=O. The Labute approximate surface area is 151 Å². The van der Waals surface area contributed by atoms with Crippen LogP contribution in [0.15, 0.2) is 47.4 Å². The van der Waals surface area contributed by atoms with Gasteiger partial charge in [0.15, 0.2) is 0 Å². The van der Waals surface area contributed by atoms with E-state index in [-0.39, 0.29) is 16.5 Å². The van der Waals surface area contributed by atoms with Crippen LogP contribution in [0, 0.1) is 6.92 Å². The number of sulfonamides is 1. The predicted molar refractivity (Wildman–Crippen MR) is 96.3 cm³/mol. The molecule has 9 heteroatoms. The monoisotopic (exact) mass is 377 g/mol. The topological polar surface area (TPSA) is 114 Å². The third-order valence-electron chi connectivity index (χ3n) is 3.48. The third-order valence-corrected chi connectivity index (χ3v) is 4.73. The molecule has 0 fully saturated rings. The Morgan fingerprint density at radius 2 is 1.77 bits per heavy atom. The lowest BCUT2D eigenvalue weighted by Gasteiger charge is -2.13. The maximum Gasteiger partial charge on any atom is 0.266 e. The lowest BCUT2D eigenvalue weighted by Crippen LogP contribution is -2.41. The number of hydrogen-bond acceptors (Lipinski definition) is 5. The Balaban J connectivity index is 2.21.